The summed E-state index contributed by atoms with van der Waals surface area (Å²) in [6.07, 6.45) is 0.788. The lowest BCUT2D eigenvalue weighted by atomic mass is 9.90. The summed E-state index contributed by atoms with van der Waals surface area (Å²) in [6, 6.07) is 7.42. The molecule has 0 spiro atoms. The average molecular weight is 288 g/mol. The third kappa shape index (κ3) is 3.09. The van der Waals surface area contributed by atoms with E-state index in [0.29, 0.717) is 6.54 Å². The second-order valence-electron chi connectivity index (χ2n) is 7.19. The van der Waals surface area contributed by atoms with Crippen LogP contribution in [0.2, 0.25) is 0 Å². The van der Waals surface area contributed by atoms with E-state index in [1.165, 1.54) is 4.90 Å². The van der Waals surface area contributed by atoms with Gasteiger partial charge < -0.3 is 5.32 Å². The minimum absolute atomic E-state index is 0.0867. The molecule has 4 nitrogen and oxygen atoms in total. The zero-order chi connectivity index (χ0) is 15.8. The molecule has 1 aliphatic heterocycles. The van der Waals surface area contributed by atoms with Gasteiger partial charge >= 0.3 is 6.03 Å². The Kier molecular flexibility index (Phi) is 3.83. The maximum Gasteiger partial charge on any atom is 0.325 e. The van der Waals surface area contributed by atoms with E-state index in [-0.39, 0.29) is 17.4 Å². The highest BCUT2D eigenvalue weighted by atomic mass is 16.2. The Balaban J connectivity index is 2.22. The van der Waals surface area contributed by atoms with Gasteiger partial charge in [-0.1, -0.05) is 50.6 Å². The second kappa shape index (κ2) is 5.17. The molecule has 1 N–H and O–H groups in total. The highest BCUT2D eigenvalue weighted by molar-refractivity contribution is 6.07. The van der Waals surface area contributed by atoms with Crippen LogP contribution in [0.4, 0.5) is 4.79 Å². The van der Waals surface area contributed by atoms with Crippen LogP contribution in [-0.2, 0) is 10.3 Å². The molecule has 0 aromatic heterocycles. The van der Waals surface area contributed by atoms with Crippen molar-refractivity contribution in [1.29, 1.82) is 0 Å². The number of nitrogens with one attached hydrogen (secondary N) is 1. The fraction of sp³-hybridized carbons (Fsp3) is 0.529. The van der Waals surface area contributed by atoms with Gasteiger partial charge in [0.05, 0.1) is 0 Å². The average Bonchev–Trinajstić information content (AvgIpc) is 2.59. The summed E-state index contributed by atoms with van der Waals surface area (Å²) in [7, 11) is 0. The molecule has 1 atom stereocenters. The van der Waals surface area contributed by atoms with Crippen molar-refractivity contribution in [3.63, 3.8) is 0 Å². The molecule has 1 aromatic carbocycles. The van der Waals surface area contributed by atoms with E-state index in [2.05, 4.69) is 26.1 Å². The summed E-state index contributed by atoms with van der Waals surface area (Å²) in [6.45, 7) is 10.5. The summed E-state index contributed by atoms with van der Waals surface area (Å²) < 4.78 is 0. The minimum Gasteiger partial charge on any atom is -0.319 e. The quantitative estimate of drug-likeness (QED) is 0.868. The van der Waals surface area contributed by atoms with Crippen LogP contribution in [0, 0.1) is 12.3 Å². The van der Waals surface area contributed by atoms with Crippen molar-refractivity contribution in [2.24, 2.45) is 5.41 Å². The molecule has 0 radical (unpaired) electrons. The van der Waals surface area contributed by atoms with Crippen LogP contribution < -0.4 is 5.32 Å². The minimum atomic E-state index is -0.956. The number of amides is 3. The lowest BCUT2D eigenvalue weighted by molar-refractivity contribution is -0.131. The van der Waals surface area contributed by atoms with Crippen LogP contribution >= 0.6 is 0 Å². The van der Waals surface area contributed by atoms with Gasteiger partial charge in [0.15, 0.2) is 0 Å². The van der Waals surface area contributed by atoms with Crippen molar-refractivity contribution in [2.45, 2.75) is 46.6 Å². The number of benzene rings is 1. The molecule has 1 aliphatic rings. The first kappa shape index (κ1) is 15.5. The standard InChI is InChI=1S/C17H24N2O2/c1-12-6-8-13(9-7-12)17(5)14(20)19(15(21)18-17)11-10-16(2,3)4/h6-9H,10-11H2,1-5H3,(H,18,21). The number of hydrogen-bond donors (Lipinski definition) is 1. The molecule has 4 heteroatoms. The van der Waals surface area contributed by atoms with Crippen LogP contribution in [0.1, 0.15) is 45.2 Å². The van der Waals surface area contributed by atoms with E-state index in [0.717, 1.165) is 17.5 Å². The molecule has 1 fully saturated rings. The predicted octanol–water partition coefficient (Wildman–Crippen LogP) is 3.20. The number of imide groups is 1. The Morgan fingerprint density at radius 3 is 2.24 bits per heavy atom. The highest BCUT2D eigenvalue weighted by Crippen LogP contribution is 2.30. The number of carbonyl (C=O) groups is 2. The molecule has 2 rings (SSSR count). The van der Waals surface area contributed by atoms with E-state index in [9.17, 15) is 9.59 Å². The molecule has 0 saturated carbocycles. The van der Waals surface area contributed by atoms with Gasteiger partial charge in [-0.2, -0.15) is 0 Å². The number of aryl methyl sites for hydroxylation is 1. The second-order valence-corrected chi connectivity index (χ2v) is 7.19. The number of hydrogen-bond acceptors (Lipinski definition) is 2. The van der Waals surface area contributed by atoms with Crippen molar-refractivity contribution in [3.05, 3.63) is 35.4 Å². The Morgan fingerprint density at radius 2 is 1.71 bits per heavy atom. The smallest absolute Gasteiger partial charge is 0.319 e. The first-order valence-electron chi connectivity index (χ1n) is 7.35. The summed E-state index contributed by atoms with van der Waals surface area (Å²) in [4.78, 5) is 26.2. The monoisotopic (exact) mass is 288 g/mol. The molecule has 1 saturated heterocycles. The van der Waals surface area contributed by atoms with Gasteiger partial charge in [0.25, 0.3) is 5.91 Å². The lowest BCUT2D eigenvalue weighted by Crippen LogP contribution is -2.41. The van der Waals surface area contributed by atoms with Crippen molar-refractivity contribution in [3.8, 4) is 0 Å². The highest BCUT2D eigenvalue weighted by Gasteiger charge is 2.48. The number of urea groups is 1. The molecule has 3 amide bonds. The third-order valence-electron chi connectivity index (χ3n) is 3.99. The van der Waals surface area contributed by atoms with Crippen LogP contribution in [-0.4, -0.2) is 23.4 Å². The maximum absolute atomic E-state index is 12.7. The largest absolute Gasteiger partial charge is 0.325 e. The van der Waals surface area contributed by atoms with Gasteiger partial charge in [-0.3, -0.25) is 9.69 Å². The Hall–Kier alpha value is -1.84. The zero-order valence-electron chi connectivity index (χ0n) is 13.5. The van der Waals surface area contributed by atoms with Crippen molar-refractivity contribution >= 4 is 11.9 Å². The van der Waals surface area contributed by atoms with Crippen molar-refractivity contribution in [2.75, 3.05) is 6.54 Å². The van der Waals surface area contributed by atoms with Gasteiger partial charge in [-0.15, -0.1) is 0 Å². The molecular formula is C17H24N2O2. The van der Waals surface area contributed by atoms with Gasteiger partial charge in [0.1, 0.15) is 5.54 Å². The van der Waals surface area contributed by atoms with Crippen LogP contribution in [0.25, 0.3) is 0 Å². The van der Waals surface area contributed by atoms with Crippen molar-refractivity contribution in [1.82, 2.24) is 10.2 Å². The van der Waals surface area contributed by atoms with Crippen LogP contribution in [0.15, 0.2) is 24.3 Å². The Labute approximate surface area is 126 Å². The van der Waals surface area contributed by atoms with Crippen LogP contribution in [0.5, 0.6) is 0 Å². The zero-order valence-corrected chi connectivity index (χ0v) is 13.5. The molecule has 1 heterocycles. The van der Waals surface area contributed by atoms with Gasteiger partial charge in [-0.05, 0) is 31.2 Å². The van der Waals surface area contributed by atoms with Gasteiger partial charge in [0, 0.05) is 6.54 Å². The Morgan fingerprint density at radius 1 is 1.14 bits per heavy atom. The topological polar surface area (TPSA) is 49.4 Å². The first-order chi connectivity index (χ1) is 9.63. The molecule has 0 aliphatic carbocycles. The first-order valence-corrected chi connectivity index (χ1v) is 7.35. The van der Waals surface area contributed by atoms with Crippen LogP contribution in [0.3, 0.4) is 0 Å². The molecule has 114 valence electrons. The fourth-order valence-corrected chi connectivity index (χ4v) is 2.43. The van der Waals surface area contributed by atoms with Gasteiger partial charge in [0.2, 0.25) is 0 Å². The SMILES string of the molecule is Cc1ccc(C2(C)NC(=O)N(CCC(C)(C)C)C2=O)cc1. The van der Waals surface area contributed by atoms with E-state index < -0.39 is 5.54 Å². The predicted molar refractivity (Wildman–Crippen MR) is 82.8 cm³/mol. The van der Waals surface area contributed by atoms with E-state index >= 15 is 0 Å². The van der Waals surface area contributed by atoms with E-state index in [4.69, 9.17) is 0 Å². The Bertz CT molecular complexity index is 557. The molecular weight excluding hydrogens is 264 g/mol. The lowest BCUT2D eigenvalue weighted by Gasteiger charge is -2.24. The summed E-state index contributed by atoms with van der Waals surface area (Å²) >= 11 is 0. The van der Waals surface area contributed by atoms with Crippen molar-refractivity contribution < 1.29 is 9.59 Å². The maximum atomic E-state index is 12.7. The number of carbonyl (C=O) groups excluding carboxylic acids is 2. The third-order valence-corrected chi connectivity index (χ3v) is 3.99. The van der Waals surface area contributed by atoms with E-state index in [1.54, 1.807) is 6.92 Å². The van der Waals surface area contributed by atoms with E-state index in [1.807, 2.05) is 31.2 Å². The summed E-state index contributed by atoms with van der Waals surface area (Å²) in [5, 5.41) is 2.84. The fourth-order valence-electron chi connectivity index (χ4n) is 2.43. The van der Waals surface area contributed by atoms with Gasteiger partial charge in [-0.25, -0.2) is 4.79 Å². The number of nitrogens with zero attached hydrogens (tertiary/aromatic N) is 1. The normalized spacial score (nSPS) is 22.6. The molecule has 21 heavy (non-hydrogen) atoms. The molecule has 1 aromatic rings. The molecule has 0 bridgehead atoms. The number of rotatable bonds is 3. The summed E-state index contributed by atoms with van der Waals surface area (Å²) in [5.74, 6) is -0.166. The summed E-state index contributed by atoms with van der Waals surface area (Å²) in [5.41, 5.74) is 1.08. The molecule has 1 unspecified atom stereocenters.